The van der Waals surface area contributed by atoms with E-state index < -0.39 is 6.10 Å². The van der Waals surface area contributed by atoms with Crippen LogP contribution >= 0.6 is 22.6 Å². The van der Waals surface area contributed by atoms with Gasteiger partial charge in [-0.25, -0.2) is 0 Å². The maximum Gasteiger partial charge on any atom is 0.129 e. The maximum absolute atomic E-state index is 9.72. The molecule has 0 aromatic carbocycles. The molecule has 2 aromatic heterocycles. The van der Waals surface area contributed by atoms with E-state index in [2.05, 4.69) is 27.7 Å². The summed E-state index contributed by atoms with van der Waals surface area (Å²) in [6.07, 6.45) is 4.65. The first-order valence-electron chi connectivity index (χ1n) is 5.20. The summed E-state index contributed by atoms with van der Waals surface area (Å²) in [5, 5.41) is 13.8. The predicted octanol–water partition coefficient (Wildman–Crippen LogP) is 1.66. The second kappa shape index (κ2) is 6.18. The minimum atomic E-state index is -0.569. The van der Waals surface area contributed by atoms with Crippen molar-refractivity contribution in [1.29, 1.82) is 0 Å². The molecule has 17 heavy (non-hydrogen) atoms. The Balaban J connectivity index is 1.69. The summed E-state index contributed by atoms with van der Waals surface area (Å²) in [5.41, 5.74) is 0. The molecule has 0 aliphatic carbocycles. The fourth-order valence-corrected chi connectivity index (χ4v) is 1.84. The lowest BCUT2D eigenvalue weighted by Crippen LogP contribution is -2.22. The molecule has 2 rings (SSSR count). The monoisotopic (exact) mass is 348 g/mol. The van der Waals surface area contributed by atoms with Crippen molar-refractivity contribution in [1.82, 2.24) is 9.78 Å². The summed E-state index contributed by atoms with van der Waals surface area (Å²) in [7, 11) is 0. The Bertz CT molecular complexity index is 441. The van der Waals surface area contributed by atoms with Gasteiger partial charge in [0.2, 0.25) is 0 Å². The van der Waals surface area contributed by atoms with E-state index in [0.717, 1.165) is 9.33 Å². The Morgan fingerprint density at radius 3 is 3.12 bits per heavy atom. The number of aliphatic hydroxyl groups is 1. The van der Waals surface area contributed by atoms with Crippen LogP contribution < -0.4 is 0 Å². The molecule has 0 radical (unpaired) electrons. The molecule has 0 saturated carbocycles. The van der Waals surface area contributed by atoms with Crippen molar-refractivity contribution < 1.29 is 14.3 Å². The number of ether oxygens (including phenoxy) is 1. The minimum absolute atomic E-state index is 0.261. The summed E-state index contributed by atoms with van der Waals surface area (Å²) in [5.74, 6) is 0.755. The molecular formula is C11H13IN2O3. The van der Waals surface area contributed by atoms with Crippen molar-refractivity contribution in [3.8, 4) is 0 Å². The van der Waals surface area contributed by atoms with Crippen LogP contribution in [0.4, 0.5) is 0 Å². The van der Waals surface area contributed by atoms with Gasteiger partial charge in [0.05, 0.1) is 35.3 Å². The number of hydrogen-bond acceptors (Lipinski definition) is 4. The first-order chi connectivity index (χ1) is 8.24. The Hall–Kier alpha value is -0.860. The van der Waals surface area contributed by atoms with Gasteiger partial charge in [-0.2, -0.15) is 5.10 Å². The van der Waals surface area contributed by atoms with Gasteiger partial charge in [-0.05, 0) is 34.7 Å². The molecule has 6 heteroatoms. The molecule has 0 saturated heterocycles. The first kappa shape index (κ1) is 12.6. The standard InChI is InChI=1S/C11H13IN2O3/c12-9-4-13-14(5-9)6-10(15)7-16-8-11-2-1-3-17-11/h1-5,10,15H,6-8H2. The van der Waals surface area contributed by atoms with E-state index in [-0.39, 0.29) is 6.61 Å². The average Bonchev–Trinajstić information content (AvgIpc) is 2.90. The van der Waals surface area contributed by atoms with E-state index >= 15 is 0 Å². The fourth-order valence-electron chi connectivity index (χ4n) is 1.40. The van der Waals surface area contributed by atoms with Gasteiger partial charge in [0.25, 0.3) is 0 Å². The highest BCUT2D eigenvalue weighted by Gasteiger charge is 2.07. The molecule has 1 unspecified atom stereocenters. The van der Waals surface area contributed by atoms with E-state index in [0.29, 0.717) is 13.2 Å². The average molecular weight is 348 g/mol. The molecule has 5 nitrogen and oxygen atoms in total. The van der Waals surface area contributed by atoms with Crippen LogP contribution in [0.5, 0.6) is 0 Å². The Morgan fingerprint density at radius 2 is 2.47 bits per heavy atom. The number of aliphatic hydroxyl groups excluding tert-OH is 1. The van der Waals surface area contributed by atoms with Crippen LogP contribution in [0, 0.1) is 3.57 Å². The molecule has 0 amide bonds. The lowest BCUT2D eigenvalue weighted by Gasteiger charge is -2.10. The van der Waals surface area contributed by atoms with E-state index in [4.69, 9.17) is 9.15 Å². The number of halogens is 1. The van der Waals surface area contributed by atoms with Crippen LogP contribution in [-0.4, -0.2) is 27.6 Å². The smallest absolute Gasteiger partial charge is 0.129 e. The summed E-state index contributed by atoms with van der Waals surface area (Å²) >= 11 is 2.17. The Morgan fingerprint density at radius 1 is 1.59 bits per heavy atom. The number of rotatable bonds is 6. The van der Waals surface area contributed by atoms with Gasteiger partial charge >= 0.3 is 0 Å². The largest absolute Gasteiger partial charge is 0.467 e. The van der Waals surface area contributed by atoms with Crippen LogP contribution in [0.1, 0.15) is 5.76 Å². The molecule has 2 aromatic rings. The zero-order valence-electron chi connectivity index (χ0n) is 9.12. The van der Waals surface area contributed by atoms with Crippen LogP contribution in [-0.2, 0) is 17.9 Å². The van der Waals surface area contributed by atoms with E-state index in [9.17, 15) is 5.11 Å². The highest BCUT2D eigenvalue weighted by molar-refractivity contribution is 14.1. The van der Waals surface area contributed by atoms with Crippen LogP contribution in [0.15, 0.2) is 35.2 Å². The van der Waals surface area contributed by atoms with Crippen molar-refractivity contribution in [3.63, 3.8) is 0 Å². The third kappa shape index (κ3) is 4.14. The molecular weight excluding hydrogens is 335 g/mol. The maximum atomic E-state index is 9.72. The van der Waals surface area contributed by atoms with Crippen molar-refractivity contribution in [2.45, 2.75) is 19.3 Å². The minimum Gasteiger partial charge on any atom is -0.467 e. The van der Waals surface area contributed by atoms with Gasteiger partial charge in [-0.1, -0.05) is 0 Å². The van der Waals surface area contributed by atoms with E-state index in [1.54, 1.807) is 23.2 Å². The van der Waals surface area contributed by atoms with E-state index in [1.165, 1.54) is 0 Å². The van der Waals surface area contributed by atoms with Gasteiger partial charge in [0, 0.05) is 6.20 Å². The summed E-state index contributed by atoms with van der Waals surface area (Å²) < 4.78 is 13.2. The van der Waals surface area contributed by atoms with Gasteiger partial charge in [0.1, 0.15) is 12.4 Å². The summed E-state index contributed by atoms with van der Waals surface area (Å²) in [6, 6.07) is 3.64. The van der Waals surface area contributed by atoms with Crippen molar-refractivity contribution in [2.24, 2.45) is 0 Å². The second-order valence-corrected chi connectivity index (χ2v) is 4.87. The van der Waals surface area contributed by atoms with Crippen molar-refractivity contribution in [2.75, 3.05) is 6.61 Å². The number of hydrogen-bond donors (Lipinski definition) is 1. The zero-order valence-corrected chi connectivity index (χ0v) is 11.3. The van der Waals surface area contributed by atoms with Crippen LogP contribution in [0.2, 0.25) is 0 Å². The Kier molecular flexibility index (Phi) is 4.57. The van der Waals surface area contributed by atoms with Crippen molar-refractivity contribution in [3.05, 3.63) is 40.1 Å². The fraction of sp³-hybridized carbons (Fsp3) is 0.364. The molecule has 1 N–H and O–H groups in total. The van der Waals surface area contributed by atoms with E-state index in [1.807, 2.05) is 12.3 Å². The molecule has 0 aliphatic heterocycles. The lowest BCUT2D eigenvalue weighted by molar-refractivity contribution is 0.0131. The van der Waals surface area contributed by atoms with Gasteiger partial charge in [-0.15, -0.1) is 0 Å². The predicted molar refractivity (Wildman–Crippen MR) is 69.3 cm³/mol. The molecule has 1 atom stereocenters. The molecule has 0 spiro atoms. The number of furan rings is 1. The number of nitrogens with zero attached hydrogens (tertiary/aromatic N) is 2. The molecule has 0 aliphatic rings. The summed E-state index contributed by atoms with van der Waals surface area (Å²) in [6.45, 7) is 1.07. The highest BCUT2D eigenvalue weighted by atomic mass is 127. The number of aromatic nitrogens is 2. The topological polar surface area (TPSA) is 60.4 Å². The van der Waals surface area contributed by atoms with Crippen LogP contribution in [0.25, 0.3) is 0 Å². The third-order valence-electron chi connectivity index (χ3n) is 2.13. The first-order valence-corrected chi connectivity index (χ1v) is 6.28. The van der Waals surface area contributed by atoms with Gasteiger partial charge in [0.15, 0.2) is 0 Å². The lowest BCUT2D eigenvalue weighted by atomic mass is 10.4. The molecule has 0 fully saturated rings. The third-order valence-corrected chi connectivity index (χ3v) is 2.69. The Labute approximate surface area is 113 Å². The normalized spacial score (nSPS) is 12.8. The SMILES string of the molecule is OC(COCc1ccco1)Cn1cc(I)cn1. The second-order valence-electron chi connectivity index (χ2n) is 3.63. The van der Waals surface area contributed by atoms with Gasteiger partial charge in [-0.3, -0.25) is 4.68 Å². The molecule has 92 valence electrons. The quantitative estimate of drug-likeness (QED) is 0.807. The zero-order chi connectivity index (χ0) is 12.1. The van der Waals surface area contributed by atoms with Gasteiger partial charge < -0.3 is 14.3 Å². The highest BCUT2D eigenvalue weighted by Crippen LogP contribution is 2.04. The van der Waals surface area contributed by atoms with Crippen molar-refractivity contribution >= 4 is 22.6 Å². The van der Waals surface area contributed by atoms with Crippen LogP contribution in [0.3, 0.4) is 0 Å². The molecule has 0 bridgehead atoms. The summed E-state index contributed by atoms with van der Waals surface area (Å²) in [4.78, 5) is 0. The molecule has 2 heterocycles.